The fourth-order valence-electron chi connectivity index (χ4n) is 2.22. The average molecular weight is 263 g/mol. The number of rotatable bonds is 3. The molecule has 1 aromatic rings. The number of methoxy groups -OCH3 is 2. The zero-order chi connectivity index (χ0) is 13.8. The molecule has 5 heteroatoms. The molecule has 1 aromatic carbocycles. The van der Waals surface area contributed by atoms with Crippen molar-refractivity contribution in [2.24, 2.45) is 5.92 Å². The summed E-state index contributed by atoms with van der Waals surface area (Å²) in [6.07, 6.45) is 0.358. The van der Waals surface area contributed by atoms with Crippen molar-refractivity contribution in [3.63, 3.8) is 0 Å². The van der Waals surface area contributed by atoms with Crippen LogP contribution in [0, 0.1) is 5.92 Å². The molecule has 0 aromatic heterocycles. The summed E-state index contributed by atoms with van der Waals surface area (Å²) in [5.74, 6) is -0.447. The van der Waals surface area contributed by atoms with Crippen LogP contribution < -0.4 is 9.64 Å². The predicted molar refractivity (Wildman–Crippen MR) is 70.3 cm³/mol. The van der Waals surface area contributed by atoms with Gasteiger partial charge in [-0.2, -0.15) is 0 Å². The molecule has 0 N–H and O–H groups in total. The largest absolute Gasteiger partial charge is 0.497 e. The molecule has 0 bridgehead atoms. The first-order valence-corrected chi connectivity index (χ1v) is 6.15. The van der Waals surface area contributed by atoms with E-state index < -0.39 is 11.9 Å². The highest BCUT2D eigenvalue weighted by atomic mass is 16.5. The lowest BCUT2D eigenvalue weighted by atomic mass is 9.96. The lowest BCUT2D eigenvalue weighted by molar-refractivity contribution is -0.149. The van der Waals surface area contributed by atoms with E-state index in [0.29, 0.717) is 19.5 Å². The number of benzene rings is 1. The second-order valence-corrected chi connectivity index (χ2v) is 4.44. The molecule has 1 saturated heterocycles. The smallest absolute Gasteiger partial charge is 0.318 e. The van der Waals surface area contributed by atoms with Gasteiger partial charge in [-0.05, 0) is 12.1 Å². The van der Waals surface area contributed by atoms with Gasteiger partial charge in [0.25, 0.3) is 0 Å². The zero-order valence-corrected chi connectivity index (χ0v) is 11.1. The lowest BCUT2D eigenvalue weighted by Crippen LogP contribution is -2.44. The van der Waals surface area contributed by atoms with E-state index in [-0.39, 0.29) is 5.78 Å². The Balaban J connectivity index is 2.17. The quantitative estimate of drug-likeness (QED) is 0.607. The monoisotopic (exact) mass is 263 g/mol. The van der Waals surface area contributed by atoms with Crippen LogP contribution in [0.15, 0.2) is 24.3 Å². The first-order valence-electron chi connectivity index (χ1n) is 6.15. The molecule has 0 spiro atoms. The van der Waals surface area contributed by atoms with E-state index in [1.165, 1.54) is 7.11 Å². The maximum atomic E-state index is 11.7. The van der Waals surface area contributed by atoms with Crippen LogP contribution >= 0.6 is 0 Å². The summed E-state index contributed by atoms with van der Waals surface area (Å²) < 4.78 is 9.86. The van der Waals surface area contributed by atoms with E-state index in [1.807, 2.05) is 29.2 Å². The van der Waals surface area contributed by atoms with Gasteiger partial charge in [0.1, 0.15) is 11.7 Å². The number of carbonyl (C=O) groups is 2. The summed E-state index contributed by atoms with van der Waals surface area (Å²) in [7, 11) is 2.91. The first kappa shape index (κ1) is 13.4. The first-order chi connectivity index (χ1) is 9.15. The molecule has 5 nitrogen and oxygen atoms in total. The number of Topliss-reactive ketones (excluding diaryl/α,β-unsaturated/α-hetero) is 1. The Labute approximate surface area is 112 Å². The highest BCUT2D eigenvalue weighted by Gasteiger charge is 2.33. The van der Waals surface area contributed by atoms with Crippen LogP contribution in [0.2, 0.25) is 0 Å². The van der Waals surface area contributed by atoms with Crippen molar-refractivity contribution in [2.75, 3.05) is 32.2 Å². The highest BCUT2D eigenvalue weighted by Crippen LogP contribution is 2.25. The summed E-state index contributed by atoms with van der Waals surface area (Å²) in [6, 6.07) is 7.57. The number of ketones is 1. The maximum absolute atomic E-state index is 11.7. The standard InChI is InChI=1S/C14H17NO4/c1-18-11-5-3-4-10(8-11)15-7-6-13(16)12(9-15)14(17)19-2/h3-5,8,12H,6-7,9H2,1-2H3. The lowest BCUT2D eigenvalue weighted by Gasteiger charge is -2.32. The summed E-state index contributed by atoms with van der Waals surface area (Å²) in [4.78, 5) is 25.3. The van der Waals surface area contributed by atoms with Gasteiger partial charge >= 0.3 is 5.97 Å². The highest BCUT2D eigenvalue weighted by molar-refractivity contribution is 6.00. The number of piperidine rings is 1. The summed E-state index contributed by atoms with van der Waals surface area (Å²) in [5.41, 5.74) is 0.945. The number of hydrogen-bond acceptors (Lipinski definition) is 5. The van der Waals surface area contributed by atoms with Gasteiger partial charge in [-0.25, -0.2) is 0 Å². The summed E-state index contributed by atoms with van der Waals surface area (Å²) >= 11 is 0. The molecule has 1 fully saturated rings. The van der Waals surface area contributed by atoms with Gasteiger partial charge in [-0.1, -0.05) is 6.07 Å². The Bertz CT molecular complexity index is 478. The third kappa shape index (κ3) is 2.86. The van der Waals surface area contributed by atoms with Gasteiger partial charge in [0, 0.05) is 31.3 Å². The molecule has 0 amide bonds. The van der Waals surface area contributed by atoms with Crippen molar-refractivity contribution < 1.29 is 19.1 Å². The Hall–Kier alpha value is -2.04. The van der Waals surface area contributed by atoms with Crippen molar-refractivity contribution in [1.29, 1.82) is 0 Å². The number of esters is 1. The Kier molecular flexibility index (Phi) is 4.04. The van der Waals surface area contributed by atoms with Crippen molar-refractivity contribution in [3.05, 3.63) is 24.3 Å². The molecule has 2 rings (SSSR count). The van der Waals surface area contributed by atoms with Crippen molar-refractivity contribution in [3.8, 4) is 5.75 Å². The van der Waals surface area contributed by atoms with Crippen molar-refractivity contribution in [1.82, 2.24) is 0 Å². The van der Waals surface area contributed by atoms with E-state index in [1.54, 1.807) is 7.11 Å². The van der Waals surface area contributed by atoms with Gasteiger partial charge in [0.2, 0.25) is 0 Å². The number of hydrogen-bond donors (Lipinski definition) is 0. The molecule has 1 aliphatic heterocycles. The third-order valence-corrected chi connectivity index (χ3v) is 3.32. The SMILES string of the molecule is COC(=O)C1CN(c2cccc(OC)c2)CCC1=O. The molecule has 19 heavy (non-hydrogen) atoms. The molecular weight excluding hydrogens is 246 g/mol. The molecular formula is C14H17NO4. The summed E-state index contributed by atoms with van der Waals surface area (Å²) in [6.45, 7) is 0.970. The Morgan fingerprint density at radius 1 is 1.37 bits per heavy atom. The minimum atomic E-state index is -0.690. The van der Waals surface area contributed by atoms with Crippen LogP contribution in [0.25, 0.3) is 0 Å². The van der Waals surface area contributed by atoms with E-state index in [4.69, 9.17) is 4.74 Å². The topological polar surface area (TPSA) is 55.8 Å². The number of ether oxygens (including phenoxy) is 2. The maximum Gasteiger partial charge on any atom is 0.318 e. The normalized spacial score (nSPS) is 19.2. The fraction of sp³-hybridized carbons (Fsp3) is 0.429. The van der Waals surface area contributed by atoms with E-state index >= 15 is 0 Å². The molecule has 1 aliphatic rings. The number of carbonyl (C=O) groups excluding carboxylic acids is 2. The number of anilines is 1. The van der Waals surface area contributed by atoms with Gasteiger partial charge < -0.3 is 14.4 Å². The average Bonchev–Trinajstić information content (AvgIpc) is 2.47. The minimum absolute atomic E-state index is 0.0500. The Morgan fingerprint density at radius 3 is 2.84 bits per heavy atom. The third-order valence-electron chi connectivity index (χ3n) is 3.32. The van der Waals surface area contributed by atoms with E-state index in [2.05, 4.69) is 4.74 Å². The van der Waals surface area contributed by atoms with E-state index in [9.17, 15) is 9.59 Å². The van der Waals surface area contributed by atoms with Crippen LogP contribution in [0.1, 0.15) is 6.42 Å². The van der Waals surface area contributed by atoms with Crippen LogP contribution in [0.3, 0.4) is 0 Å². The molecule has 1 atom stereocenters. The second kappa shape index (κ2) is 5.73. The molecule has 102 valence electrons. The van der Waals surface area contributed by atoms with Gasteiger partial charge in [-0.3, -0.25) is 9.59 Å². The van der Waals surface area contributed by atoms with Crippen molar-refractivity contribution >= 4 is 17.4 Å². The number of nitrogens with zero attached hydrogens (tertiary/aromatic N) is 1. The molecule has 0 radical (unpaired) electrons. The van der Waals surface area contributed by atoms with E-state index in [0.717, 1.165) is 11.4 Å². The summed E-state index contributed by atoms with van der Waals surface area (Å²) in [5, 5.41) is 0. The molecule has 1 unspecified atom stereocenters. The van der Waals surface area contributed by atoms with Gasteiger partial charge in [0.05, 0.1) is 14.2 Å². The zero-order valence-electron chi connectivity index (χ0n) is 11.1. The van der Waals surface area contributed by atoms with Gasteiger partial charge in [0.15, 0.2) is 5.78 Å². The predicted octanol–water partition coefficient (Wildman–Crippen LogP) is 1.26. The molecule has 0 saturated carbocycles. The fourth-order valence-corrected chi connectivity index (χ4v) is 2.22. The van der Waals surface area contributed by atoms with Crippen LogP contribution in [0.5, 0.6) is 5.75 Å². The Morgan fingerprint density at radius 2 is 2.16 bits per heavy atom. The molecule has 1 heterocycles. The van der Waals surface area contributed by atoms with Crippen LogP contribution in [-0.2, 0) is 14.3 Å². The second-order valence-electron chi connectivity index (χ2n) is 4.44. The molecule has 0 aliphatic carbocycles. The van der Waals surface area contributed by atoms with Crippen molar-refractivity contribution in [2.45, 2.75) is 6.42 Å². The van der Waals surface area contributed by atoms with Gasteiger partial charge in [-0.15, -0.1) is 0 Å². The van der Waals surface area contributed by atoms with Crippen LogP contribution in [-0.4, -0.2) is 39.1 Å². The minimum Gasteiger partial charge on any atom is -0.497 e. The van der Waals surface area contributed by atoms with Crippen LogP contribution in [0.4, 0.5) is 5.69 Å².